The molecule has 0 spiro atoms. The maximum absolute atomic E-state index is 13.3. The van der Waals surface area contributed by atoms with E-state index in [-0.39, 0.29) is 11.9 Å². The molecule has 0 fully saturated rings. The van der Waals surface area contributed by atoms with Crippen molar-refractivity contribution in [2.24, 2.45) is 5.73 Å². The van der Waals surface area contributed by atoms with Gasteiger partial charge in [0.2, 0.25) is 0 Å². The van der Waals surface area contributed by atoms with Crippen molar-refractivity contribution in [2.45, 2.75) is 13.0 Å². The van der Waals surface area contributed by atoms with E-state index in [1.807, 2.05) is 37.3 Å². The van der Waals surface area contributed by atoms with E-state index >= 15 is 0 Å². The molecule has 0 aromatic heterocycles. The minimum atomic E-state index is -0.303. The Labute approximate surface area is 109 Å². The van der Waals surface area contributed by atoms with E-state index < -0.39 is 0 Å². The van der Waals surface area contributed by atoms with Gasteiger partial charge >= 0.3 is 0 Å². The van der Waals surface area contributed by atoms with Gasteiger partial charge in [0.05, 0.1) is 6.04 Å². The number of nitrogens with two attached hydrogens (primary N) is 1. The second kappa shape index (κ2) is 4.98. The van der Waals surface area contributed by atoms with Gasteiger partial charge in [0, 0.05) is 4.47 Å². The molecule has 2 N–H and O–H groups in total. The van der Waals surface area contributed by atoms with Gasteiger partial charge < -0.3 is 5.73 Å². The zero-order valence-corrected chi connectivity index (χ0v) is 11.0. The van der Waals surface area contributed by atoms with Crippen LogP contribution in [-0.4, -0.2) is 0 Å². The van der Waals surface area contributed by atoms with Gasteiger partial charge in [-0.05, 0) is 36.2 Å². The molecule has 0 saturated heterocycles. The van der Waals surface area contributed by atoms with Crippen molar-refractivity contribution in [3.8, 4) is 0 Å². The second-order valence-corrected chi connectivity index (χ2v) is 5.01. The molecule has 0 aliphatic carbocycles. The van der Waals surface area contributed by atoms with Gasteiger partial charge in [0.15, 0.2) is 0 Å². The number of hydrogen-bond donors (Lipinski definition) is 1. The minimum absolute atomic E-state index is 0.281. The van der Waals surface area contributed by atoms with Gasteiger partial charge in [-0.2, -0.15) is 0 Å². The summed E-state index contributed by atoms with van der Waals surface area (Å²) in [7, 11) is 0. The molecule has 2 aromatic rings. The predicted octanol–water partition coefficient (Wildman–Crippen LogP) is 3.94. The molecule has 0 amide bonds. The van der Waals surface area contributed by atoms with Crippen LogP contribution in [0.15, 0.2) is 46.9 Å². The number of hydrogen-bond acceptors (Lipinski definition) is 1. The van der Waals surface area contributed by atoms with Crippen LogP contribution in [0, 0.1) is 12.7 Å². The van der Waals surface area contributed by atoms with E-state index in [4.69, 9.17) is 5.73 Å². The molecule has 0 radical (unpaired) electrons. The quantitative estimate of drug-likeness (QED) is 0.892. The first-order chi connectivity index (χ1) is 8.06. The zero-order valence-electron chi connectivity index (χ0n) is 9.45. The monoisotopic (exact) mass is 293 g/mol. The van der Waals surface area contributed by atoms with Gasteiger partial charge in [-0.15, -0.1) is 0 Å². The highest BCUT2D eigenvalue weighted by molar-refractivity contribution is 9.10. The average Bonchev–Trinajstić information content (AvgIpc) is 2.28. The van der Waals surface area contributed by atoms with Crippen molar-refractivity contribution in [1.29, 1.82) is 0 Å². The molecule has 0 aliphatic rings. The third kappa shape index (κ3) is 2.93. The van der Waals surface area contributed by atoms with Gasteiger partial charge in [0.1, 0.15) is 5.82 Å². The van der Waals surface area contributed by atoms with E-state index in [2.05, 4.69) is 15.9 Å². The Morgan fingerprint density at radius 2 is 1.71 bits per heavy atom. The Bertz CT molecular complexity index is 502. The van der Waals surface area contributed by atoms with Crippen molar-refractivity contribution in [1.82, 2.24) is 0 Å². The number of benzene rings is 2. The fourth-order valence-electron chi connectivity index (χ4n) is 1.72. The minimum Gasteiger partial charge on any atom is -0.320 e. The Balaban J connectivity index is 2.36. The molecule has 0 aliphatic heterocycles. The number of halogens is 2. The average molecular weight is 294 g/mol. The fourth-order valence-corrected chi connectivity index (χ4v) is 2.20. The Hall–Kier alpha value is -1.19. The van der Waals surface area contributed by atoms with Crippen molar-refractivity contribution >= 4 is 15.9 Å². The van der Waals surface area contributed by atoms with Crippen LogP contribution in [0.5, 0.6) is 0 Å². The molecule has 1 nitrogen and oxygen atoms in total. The highest BCUT2D eigenvalue weighted by Gasteiger charge is 2.10. The lowest BCUT2D eigenvalue weighted by Gasteiger charge is -2.13. The third-order valence-corrected chi connectivity index (χ3v) is 3.14. The normalized spacial score (nSPS) is 12.5. The fraction of sp³-hybridized carbons (Fsp3) is 0.143. The van der Waals surface area contributed by atoms with Crippen LogP contribution in [0.3, 0.4) is 0 Å². The van der Waals surface area contributed by atoms with Crippen LogP contribution in [0.25, 0.3) is 0 Å². The Kier molecular flexibility index (Phi) is 3.60. The standard InChI is InChI=1S/C14H13BrFN/c1-9-2-4-10(5-3-9)14(17)11-6-12(15)8-13(16)7-11/h2-8,14H,17H2,1H3. The highest BCUT2D eigenvalue weighted by Crippen LogP contribution is 2.24. The lowest BCUT2D eigenvalue weighted by Crippen LogP contribution is -2.12. The van der Waals surface area contributed by atoms with Gasteiger partial charge in [-0.1, -0.05) is 45.8 Å². The first-order valence-electron chi connectivity index (χ1n) is 5.34. The van der Waals surface area contributed by atoms with E-state index in [0.717, 1.165) is 11.1 Å². The summed E-state index contributed by atoms with van der Waals surface area (Å²) in [6, 6.07) is 12.4. The maximum Gasteiger partial charge on any atom is 0.124 e. The zero-order chi connectivity index (χ0) is 12.4. The van der Waals surface area contributed by atoms with Crippen molar-refractivity contribution in [2.75, 3.05) is 0 Å². The summed E-state index contributed by atoms with van der Waals surface area (Å²) in [6.45, 7) is 2.02. The van der Waals surface area contributed by atoms with Gasteiger partial charge in [-0.25, -0.2) is 4.39 Å². The molecule has 88 valence electrons. The SMILES string of the molecule is Cc1ccc(C(N)c2cc(F)cc(Br)c2)cc1. The van der Waals surface area contributed by atoms with Crippen LogP contribution in [-0.2, 0) is 0 Å². The van der Waals surface area contributed by atoms with Crippen LogP contribution < -0.4 is 5.73 Å². The van der Waals surface area contributed by atoms with Crippen molar-refractivity contribution in [3.63, 3.8) is 0 Å². The van der Waals surface area contributed by atoms with Gasteiger partial charge in [0.25, 0.3) is 0 Å². The topological polar surface area (TPSA) is 26.0 Å². The molecule has 1 atom stereocenters. The van der Waals surface area contributed by atoms with Crippen molar-refractivity contribution in [3.05, 3.63) is 69.4 Å². The molecule has 17 heavy (non-hydrogen) atoms. The largest absolute Gasteiger partial charge is 0.320 e. The van der Waals surface area contributed by atoms with Crippen molar-refractivity contribution < 1.29 is 4.39 Å². The molecular formula is C14H13BrFN. The number of rotatable bonds is 2. The molecule has 2 rings (SSSR count). The van der Waals surface area contributed by atoms with E-state index in [0.29, 0.717) is 4.47 Å². The van der Waals surface area contributed by atoms with Crippen LogP contribution >= 0.6 is 15.9 Å². The summed E-state index contributed by atoms with van der Waals surface area (Å²) in [4.78, 5) is 0. The molecule has 2 aromatic carbocycles. The third-order valence-electron chi connectivity index (χ3n) is 2.68. The lowest BCUT2D eigenvalue weighted by atomic mass is 9.99. The van der Waals surface area contributed by atoms with Crippen LogP contribution in [0.1, 0.15) is 22.7 Å². The maximum atomic E-state index is 13.3. The Morgan fingerprint density at radius 3 is 2.29 bits per heavy atom. The second-order valence-electron chi connectivity index (χ2n) is 4.09. The molecule has 1 unspecified atom stereocenters. The predicted molar refractivity (Wildman–Crippen MR) is 71.3 cm³/mol. The smallest absolute Gasteiger partial charge is 0.124 e. The Morgan fingerprint density at radius 1 is 1.06 bits per heavy atom. The first-order valence-corrected chi connectivity index (χ1v) is 6.14. The molecular weight excluding hydrogens is 281 g/mol. The summed E-state index contributed by atoms with van der Waals surface area (Å²) in [5.41, 5.74) is 9.04. The van der Waals surface area contributed by atoms with E-state index in [1.165, 1.54) is 17.7 Å². The summed E-state index contributed by atoms with van der Waals surface area (Å²) in [5.74, 6) is -0.281. The van der Waals surface area contributed by atoms with Crippen LogP contribution in [0.4, 0.5) is 4.39 Å². The van der Waals surface area contributed by atoms with E-state index in [9.17, 15) is 4.39 Å². The highest BCUT2D eigenvalue weighted by atomic mass is 79.9. The molecule has 3 heteroatoms. The van der Waals surface area contributed by atoms with Gasteiger partial charge in [-0.3, -0.25) is 0 Å². The summed E-state index contributed by atoms with van der Waals surface area (Å²) >= 11 is 3.27. The number of aryl methyl sites for hydroxylation is 1. The molecule has 0 bridgehead atoms. The lowest BCUT2D eigenvalue weighted by molar-refractivity contribution is 0.622. The van der Waals surface area contributed by atoms with E-state index in [1.54, 1.807) is 0 Å². The summed E-state index contributed by atoms with van der Waals surface area (Å²) in [5, 5.41) is 0. The summed E-state index contributed by atoms with van der Waals surface area (Å²) in [6.07, 6.45) is 0. The summed E-state index contributed by atoms with van der Waals surface area (Å²) < 4.78 is 14.0. The van der Waals surface area contributed by atoms with Crippen LogP contribution in [0.2, 0.25) is 0 Å². The molecule has 0 saturated carbocycles. The molecule has 0 heterocycles. The first kappa shape index (κ1) is 12.3.